The van der Waals surface area contributed by atoms with Crippen molar-refractivity contribution in [3.8, 4) is 0 Å². The third kappa shape index (κ3) is 0.802. The Balaban J connectivity index is 2.72. The summed E-state index contributed by atoms with van der Waals surface area (Å²) in [6.07, 6.45) is 0. The van der Waals surface area contributed by atoms with Crippen molar-refractivity contribution in [3.63, 3.8) is 0 Å². The van der Waals surface area contributed by atoms with Crippen LogP contribution in [0.15, 0.2) is 11.0 Å². The lowest BCUT2D eigenvalue weighted by molar-refractivity contribution is -0.112. The van der Waals surface area contributed by atoms with Gasteiger partial charge in [-0.25, -0.2) is 0 Å². The van der Waals surface area contributed by atoms with E-state index in [-0.39, 0.29) is 11.0 Å². The predicted octanol–water partition coefficient (Wildman–Crippen LogP) is 1.80. The number of hydrogen-bond donors (Lipinski definition) is 0. The summed E-state index contributed by atoms with van der Waals surface area (Å²) in [6.45, 7) is 3.93. The maximum absolute atomic E-state index is 10.7. The second kappa shape index (κ2) is 1.94. The first-order chi connectivity index (χ1) is 3.72. The SMILES string of the molecule is CC1=CSC(=O)C1C. The van der Waals surface area contributed by atoms with E-state index < -0.39 is 0 Å². The van der Waals surface area contributed by atoms with Gasteiger partial charge in [0.2, 0.25) is 0 Å². The van der Waals surface area contributed by atoms with E-state index in [0.717, 1.165) is 0 Å². The molecule has 1 heterocycles. The van der Waals surface area contributed by atoms with Gasteiger partial charge in [0.15, 0.2) is 5.12 Å². The van der Waals surface area contributed by atoms with Crippen molar-refractivity contribution in [2.24, 2.45) is 5.92 Å². The van der Waals surface area contributed by atoms with Crippen LogP contribution < -0.4 is 0 Å². The van der Waals surface area contributed by atoms with Gasteiger partial charge in [0.05, 0.1) is 0 Å². The maximum Gasteiger partial charge on any atom is 0.199 e. The predicted molar refractivity (Wildman–Crippen MR) is 35.5 cm³/mol. The molecule has 0 aromatic rings. The molecule has 0 radical (unpaired) electrons. The van der Waals surface area contributed by atoms with Gasteiger partial charge in [-0.05, 0) is 12.3 Å². The second-order valence-electron chi connectivity index (χ2n) is 2.02. The van der Waals surface area contributed by atoms with Crippen LogP contribution in [0.5, 0.6) is 0 Å². The Bertz CT molecular complexity index is 149. The summed E-state index contributed by atoms with van der Waals surface area (Å²) >= 11 is 1.31. The standard InChI is InChI=1S/C6H8OS/c1-4-3-8-6(7)5(4)2/h3,5H,1-2H3. The Hall–Kier alpha value is -0.240. The average Bonchev–Trinajstić information content (AvgIpc) is 1.98. The molecule has 8 heavy (non-hydrogen) atoms. The van der Waals surface area contributed by atoms with Crippen LogP contribution in [0.1, 0.15) is 13.8 Å². The first-order valence-electron chi connectivity index (χ1n) is 2.59. The second-order valence-corrected chi connectivity index (χ2v) is 2.89. The topological polar surface area (TPSA) is 17.1 Å². The van der Waals surface area contributed by atoms with Crippen molar-refractivity contribution in [2.75, 3.05) is 0 Å². The highest BCUT2D eigenvalue weighted by Gasteiger charge is 2.19. The van der Waals surface area contributed by atoms with E-state index in [1.807, 2.05) is 19.3 Å². The van der Waals surface area contributed by atoms with Crippen LogP contribution in [-0.4, -0.2) is 5.12 Å². The molecule has 1 atom stereocenters. The van der Waals surface area contributed by atoms with Gasteiger partial charge < -0.3 is 0 Å². The molecule has 1 aliphatic heterocycles. The van der Waals surface area contributed by atoms with Gasteiger partial charge in [-0.1, -0.05) is 24.3 Å². The molecular formula is C6H8OS. The largest absolute Gasteiger partial charge is 0.286 e. The van der Waals surface area contributed by atoms with E-state index in [0.29, 0.717) is 0 Å². The molecule has 1 aliphatic rings. The fourth-order valence-electron chi connectivity index (χ4n) is 0.541. The molecule has 0 saturated heterocycles. The van der Waals surface area contributed by atoms with Gasteiger partial charge in [-0.3, -0.25) is 4.79 Å². The molecule has 0 fully saturated rings. The number of carbonyl (C=O) groups is 1. The van der Waals surface area contributed by atoms with E-state index in [9.17, 15) is 4.79 Å². The summed E-state index contributed by atoms with van der Waals surface area (Å²) in [5.74, 6) is 0.167. The van der Waals surface area contributed by atoms with Gasteiger partial charge in [-0.2, -0.15) is 0 Å². The van der Waals surface area contributed by atoms with Crippen LogP contribution in [0, 0.1) is 5.92 Å². The molecule has 2 heteroatoms. The van der Waals surface area contributed by atoms with E-state index in [1.165, 1.54) is 17.3 Å². The quantitative estimate of drug-likeness (QED) is 0.495. The zero-order chi connectivity index (χ0) is 6.15. The molecule has 0 amide bonds. The lowest BCUT2D eigenvalue weighted by atomic mass is 10.1. The van der Waals surface area contributed by atoms with Crippen molar-refractivity contribution in [1.29, 1.82) is 0 Å². The number of rotatable bonds is 0. The average molecular weight is 128 g/mol. The third-order valence-electron chi connectivity index (χ3n) is 1.40. The molecule has 0 aromatic carbocycles. The Morgan fingerprint density at radius 2 is 2.38 bits per heavy atom. The summed E-state index contributed by atoms with van der Waals surface area (Å²) in [7, 11) is 0. The molecule has 0 aromatic heterocycles. The van der Waals surface area contributed by atoms with Gasteiger partial charge in [-0.15, -0.1) is 0 Å². The van der Waals surface area contributed by atoms with Gasteiger partial charge >= 0.3 is 0 Å². The fraction of sp³-hybridized carbons (Fsp3) is 0.500. The van der Waals surface area contributed by atoms with E-state index >= 15 is 0 Å². The van der Waals surface area contributed by atoms with Crippen LogP contribution in [0.4, 0.5) is 0 Å². The molecule has 0 aliphatic carbocycles. The van der Waals surface area contributed by atoms with E-state index in [2.05, 4.69) is 0 Å². The van der Waals surface area contributed by atoms with E-state index in [1.54, 1.807) is 0 Å². The first kappa shape index (κ1) is 5.89. The lowest BCUT2D eigenvalue weighted by Gasteiger charge is -1.96. The Labute approximate surface area is 53.2 Å². The summed E-state index contributed by atoms with van der Waals surface area (Å²) < 4.78 is 0. The van der Waals surface area contributed by atoms with Crippen molar-refractivity contribution in [1.82, 2.24) is 0 Å². The monoisotopic (exact) mass is 128 g/mol. The molecule has 1 nitrogen and oxygen atoms in total. The van der Waals surface area contributed by atoms with Crippen molar-refractivity contribution < 1.29 is 4.79 Å². The molecule has 44 valence electrons. The Morgan fingerprint density at radius 1 is 1.75 bits per heavy atom. The highest BCUT2D eigenvalue weighted by Crippen LogP contribution is 2.28. The summed E-state index contributed by atoms with van der Waals surface area (Å²) in [5.41, 5.74) is 1.19. The molecule has 1 rings (SSSR count). The molecule has 0 bridgehead atoms. The van der Waals surface area contributed by atoms with Crippen LogP contribution in [0.3, 0.4) is 0 Å². The van der Waals surface area contributed by atoms with Crippen molar-refractivity contribution in [3.05, 3.63) is 11.0 Å². The number of thioether (sulfide) groups is 1. The van der Waals surface area contributed by atoms with Gasteiger partial charge in [0, 0.05) is 5.92 Å². The minimum atomic E-state index is 0.167. The normalized spacial score (nSPS) is 28.5. The first-order valence-corrected chi connectivity index (χ1v) is 3.47. The highest BCUT2D eigenvalue weighted by molar-refractivity contribution is 8.16. The van der Waals surface area contributed by atoms with Gasteiger partial charge in [0.25, 0.3) is 0 Å². The zero-order valence-corrected chi connectivity index (χ0v) is 5.79. The van der Waals surface area contributed by atoms with Gasteiger partial charge in [0.1, 0.15) is 0 Å². The van der Waals surface area contributed by atoms with Crippen molar-refractivity contribution >= 4 is 16.9 Å². The Kier molecular flexibility index (Phi) is 1.43. The number of allylic oxidation sites excluding steroid dienone is 1. The molecule has 0 N–H and O–H groups in total. The number of hydrogen-bond acceptors (Lipinski definition) is 2. The highest BCUT2D eigenvalue weighted by atomic mass is 32.2. The number of carbonyl (C=O) groups excluding carboxylic acids is 1. The maximum atomic E-state index is 10.7. The smallest absolute Gasteiger partial charge is 0.199 e. The van der Waals surface area contributed by atoms with Crippen LogP contribution in [-0.2, 0) is 4.79 Å². The summed E-state index contributed by atoms with van der Waals surface area (Å²) in [6, 6.07) is 0. The third-order valence-corrected chi connectivity index (χ3v) is 2.47. The van der Waals surface area contributed by atoms with Crippen LogP contribution >= 0.6 is 11.8 Å². The molecular weight excluding hydrogens is 120 g/mol. The zero-order valence-electron chi connectivity index (χ0n) is 4.97. The van der Waals surface area contributed by atoms with Crippen LogP contribution in [0.25, 0.3) is 0 Å². The van der Waals surface area contributed by atoms with Crippen LogP contribution in [0.2, 0.25) is 0 Å². The molecule has 1 unspecified atom stereocenters. The summed E-state index contributed by atoms with van der Waals surface area (Å²) in [4.78, 5) is 10.7. The van der Waals surface area contributed by atoms with E-state index in [4.69, 9.17) is 0 Å². The van der Waals surface area contributed by atoms with Crippen molar-refractivity contribution in [2.45, 2.75) is 13.8 Å². The minimum absolute atomic E-state index is 0.167. The fourth-order valence-corrected chi connectivity index (χ4v) is 1.44. The minimum Gasteiger partial charge on any atom is -0.286 e. The Morgan fingerprint density at radius 3 is 2.50 bits per heavy atom. The molecule has 0 spiro atoms. The molecule has 0 saturated carbocycles. The summed E-state index contributed by atoms with van der Waals surface area (Å²) in [5, 5.41) is 2.20. The lowest BCUT2D eigenvalue weighted by Crippen LogP contribution is -2.00.